The van der Waals surface area contributed by atoms with Crippen molar-refractivity contribution >= 4 is 33.6 Å². The standard InChI is InChI=1S/C20H14N4O4/c21-11-5-13-17(7-15(11)25)27-19(23-13)9-1-2-10(4-3-9)20-24-14-6-12(22)16(26)8-18(14)28-20/h1-8,25-26H,21-22H2. The van der Waals surface area contributed by atoms with Crippen LogP contribution in [0.5, 0.6) is 11.5 Å². The lowest BCUT2D eigenvalue weighted by atomic mass is 10.1. The maximum Gasteiger partial charge on any atom is 0.227 e. The molecule has 0 unspecified atom stereocenters. The Hall–Kier alpha value is -4.20. The van der Waals surface area contributed by atoms with E-state index < -0.39 is 0 Å². The second-order valence-corrected chi connectivity index (χ2v) is 6.37. The topological polar surface area (TPSA) is 145 Å². The van der Waals surface area contributed by atoms with Crippen LogP contribution in [0.1, 0.15) is 0 Å². The zero-order valence-corrected chi connectivity index (χ0v) is 14.4. The molecule has 0 radical (unpaired) electrons. The van der Waals surface area contributed by atoms with Crippen molar-refractivity contribution in [2.75, 3.05) is 11.5 Å². The minimum atomic E-state index is -0.0480. The Morgan fingerprint density at radius 2 is 1.04 bits per heavy atom. The lowest BCUT2D eigenvalue weighted by Crippen LogP contribution is -1.84. The fraction of sp³-hybridized carbons (Fsp3) is 0. The zero-order chi connectivity index (χ0) is 19.4. The lowest BCUT2D eigenvalue weighted by molar-refractivity contribution is 0.476. The van der Waals surface area contributed by atoms with E-state index in [1.165, 1.54) is 12.1 Å². The number of oxazole rings is 2. The molecule has 0 aliphatic carbocycles. The molecule has 0 amide bonds. The highest BCUT2D eigenvalue weighted by Gasteiger charge is 2.13. The first kappa shape index (κ1) is 16.0. The Morgan fingerprint density at radius 1 is 0.643 bits per heavy atom. The minimum Gasteiger partial charge on any atom is -0.506 e. The minimum absolute atomic E-state index is 0.0480. The molecule has 138 valence electrons. The Bertz CT molecular complexity index is 1170. The monoisotopic (exact) mass is 374 g/mol. The first-order valence-electron chi connectivity index (χ1n) is 8.37. The number of fused-ring (bicyclic) bond motifs is 2. The van der Waals surface area contributed by atoms with E-state index in [-0.39, 0.29) is 22.9 Å². The highest BCUT2D eigenvalue weighted by Crippen LogP contribution is 2.33. The largest absolute Gasteiger partial charge is 0.506 e. The first-order chi connectivity index (χ1) is 13.5. The molecule has 0 spiro atoms. The normalized spacial score (nSPS) is 11.4. The molecule has 0 aliphatic heterocycles. The number of hydrogen-bond acceptors (Lipinski definition) is 8. The van der Waals surface area contributed by atoms with Gasteiger partial charge in [0.2, 0.25) is 11.8 Å². The number of rotatable bonds is 2. The van der Waals surface area contributed by atoms with Crippen LogP contribution in [0.3, 0.4) is 0 Å². The number of anilines is 2. The Kier molecular flexibility index (Phi) is 3.23. The van der Waals surface area contributed by atoms with Gasteiger partial charge in [0, 0.05) is 23.3 Å². The third-order valence-corrected chi connectivity index (χ3v) is 4.45. The van der Waals surface area contributed by atoms with E-state index in [2.05, 4.69) is 9.97 Å². The summed E-state index contributed by atoms with van der Waals surface area (Å²) in [5, 5.41) is 19.4. The van der Waals surface area contributed by atoms with Gasteiger partial charge in [-0.25, -0.2) is 9.97 Å². The van der Waals surface area contributed by atoms with Gasteiger partial charge >= 0.3 is 0 Å². The van der Waals surface area contributed by atoms with Crippen molar-refractivity contribution in [1.82, 2.24) is 9.97 Å². The summed E-state index contributed by atoms with van der Waals surface area (Å²) in [7, 11) is 0. The molecule has 5 rings (SSSR count). The van der Waals surface area contributed by atoms with E-state index in [4.69, 9.17) is 20.3 Å². The summed E-state index contributed by atoms with van der Waals surface area (Å²) < 4.78 is 11.4. The maximum atomic E-state index is 9.70. The quantitative estimate of drug-likeness (QED) is 0.269. The van der Waals surface area contributed by atoms with Gasteiger partial charge in [-0.3, -0.25) is 0 Å². The van der Waals surface area contributed by atoms with Crippen molar-refractivity contribution in [3.63, 3.8) is 0 Å². The summed E-state index contributed by atoms with van der Waals surface area (Å²) in [6.45, 7) is 0. The van der Waals surface area contributed by atoms with Crippen LogP contribution < -0.4 is 11.5 Å². The van der Waals surface area contributed by atoms with Crippen LogP contribution in [0.4, 0.5) is 11.4 Å². The Labute approximate surface area is 157 Å². The number of aromatic hydroxyl groups is 2. The molecule has 28 heavy (non-hydrogen) atoms. The van der Waals surface area contributed by atoms with Crippen LogP contribution in [-0.2, 0) is 0 Å². The number of phenolic OH excluding ortho intramolecular Hbond substituents is 2. The fourth-order valence-electron chi connectivity index (χ4n) is 2.96. The molecule has 8 nitrogen and oxygen atoms in total. The smallest absolute Gasteiger partial charge is 0.227 e. The SMILES string of the molecule is Nc1cc2nc(-c3ccc(-c4nc5cc(N)c(O)cc5o4)cc3)oc2cc1O. The number of aromatic nitrogens is 2. The molecular weight excluding hydrogens is 360 g/mol. The van der Waals surface area contributed by atoms with Crippen LogP contribution in [0.2, 0.25) is 0 Å². The lowest BCUT2D eigenvalue weighted by Gasteiger charge is -1.98. The summed E-state index contributed by atoms with van der Waals surface area (Å²) >= 11 is 0. The van der Waals surface area contributed by atoms with Crippen molar-refractivity contribution in [3.05, 3.63) is 48.5 Å². The van der Waals surface area contributed by atoms with Gasteiger partial charge in [-0.05, 0) is 36.4 Å². The third-order valence-electron chi connectivity index (χ3n) is 4.45. The summed E-state index contributed by atoms with van der Waals surface area (Å²) in [5.41, 5.74) is 15.4. The van der Waals surface area contributed by atoms with Gasteiger partial charge in [0.05, 0.1) is 11.4 Å². The number of benzene rings is 3. The molecule has 5 aromatic rings. The van der Waals surface area contributed by atoms with E-state index in [0.717, 1.165) is 11.1 Å². The Balaban J connectivity index is 1.52. The number of nitrogen functional groups attached to an aromatic ring is 2. The molecule has 2 aromatic heterocycles. The van der Waals surface area contributed by atoms with Gasteiger partial charge in [0.25, 0.3) is 0 Å². The van der Waals surface area contributed by atoms with Gasteiger partial charge in [0.15, 0.2) is 11.2 Å². The predicted octanol–water partition coefficient (Wildman–Crippen LogP) is 3.88. The van der Waals surface area contributed by atoms with Crippen molar-refractivity contribution in [3.8, 4) is 34.4 Å². The summed E-state index contributed by atoms with van der Waals surface area (Å²) in [4.78, 5) is 8.81. The van der Waals surface area contributed by atoms with Crippen molar-refractivity contribution in [2.24, 2.45) is 0 Å². The van der Waals surface area contributed by atoms with E-state index in [1.54, 1.807) is 12.1 Å². The second-order valence-electron chi connectivity index (χ2n) is 6.37. The second kappa shape index (κ2) is 5.65. The van der Waals surface area contributed by atoms with Gasteiger partial charge in [-0.2, -0.15) is 0 Å². The van der Waals surface area contributed by atoms with Gasteiger partial charge in [-0.1, -0.05) is 0 Å². The van der Waals surface area contributed by atoms with E-state index >= 15 is 0 Å². The Morgan fingerprint density at radius 3 is 1.43 bits per heavy atom. The summed E-state index contributed by atoms with van der Waals surface area (Å²) in [6, 6.07) is 13.3. The molecule has 0 atom stereocenters. The van der Waals surface area contributed by atoms with E-state index in [0.29, 0.717) is 34.0 Å². The van der Waals surface area contributed by atoms with Crippen molar-refractivity contribution in [2.45, 2.75) is 0 Å². The van der Waals surface area contributed by atoms with Gasteiger partial charge < -0.3 is 30.5 Å². The molecule has 0 fully saturated rings. The van der Waals surface area contributed by atoms with E-state index in [9.17, 15) is 10.2 Å². The summed E-state index contributed by atoms with van der Waals surface area (Å²) in [5.74, 6) is 0.713. The van der Waals surface area contributed by atoms with Gasteiger partial charge in [-0.15, -0.1) is 0 Å². The number of phenols is 2. The molecule has 6 N–H and O–H groups in total. The third kappa shape index (κ3) is 2.47. The average molecular weight is 374 g/mol. The van der Waals surface area contributed by atoms with Gasteiger partial charge in [0.1, 0.15) is 22.5 Å². The number of nitrogens with two attached hydrogens (primary N) is 2. The van der Waals surface area contributed by atoms with Crippen LogP contribution in [0.15, 0.2) is 57.4 Å². The molecule has 2 heterocycles. The van der Waals surface area contributed by atoms with Crippen molar-refractivity contribution in [1.29, 1.82) is 0 Å². The number of hydrogen-bond donors (Lipinski definition) is 4. The highest BCUT2D eigenvalue weighted by molar-refractivity contribution is 5.84. The molecular formula is C20H14N4O4. The molecule has 0 aliphatic rings. The summed E-state index contributed by atoms with van der Waals surface area (Å²) in [6.07, 6.45) is 0. The van der Waals surface area contributed by atoms with Crippen LogP contribution in [-0.4, -0.2) is 20.2 Å². The van der Waals surface area contributed by atoms with Crippen LogP contribution in [0.25, 0.3) is 45.1 Å². The zero-order valence-electron chi connectivity index (χ0n) is 14.4. The molecule has 0 saturated carbocycles. The first-order valence-corrected chi connectivity index (χ1v) is 8.37. The molecule has 8 heteroatoms. The average Bonchev–Trinajstić information content (AvgIpc) is 3.26. The molecule has 0 saturated heterocycles. The maximum absolute atomic E-state index is 9.70. The predicted molar refractivity (Wildman–Crippen MR) is 105 cm³/mol. The van der Waals surface area contributed by atoms with E-state index in [1.807, 2.05) is 24.3 Å². The molecule has 3 aromatic carbocycles. The van der Waals surface area contributed by atoms with Crippen LogP contribution >= 0.6 is 0 Å². The highest BCUT2D eigenvalue weighted by atomic mass is 16.4. The number of nitrogens with zero attached hydrogens (tertiary/aromatic N) is 2. The fourth-order valence-corrected chi connectivity index (χ4v) is 2.96. The van der Waals surface area contributed by atoms with Crippen LogP contribution in [0, 0.1) is 0 Å². The van der Waals surface area contributed by atoms with Crippen molar-refractivity contribution < 1.29 is 19.0 Å². The molecule has 0 bridgehead atoms.